The summed E-state index contributed by atoms with van der Waals surface area (Å²) in [5, 5.41) is 24.2. The van der Waals surface area contributed by atoms with Crippen molar-refractivity contribution >= 4 is 17.8 Å². The van der Waals surface area contributed by atoms with Crippen molar-refractivity contribution in [3.05, 3.63) is 12.2 Å². The van der Waals surface area contributed by atoms with Crippen LogP contribution in [0, 0.1) is 11.3 Å². The van der Waals surface area contributed by atoms with Gasteiger partial charge in [0.1, 0.15) is 0 Å². The molecule has 2 aliphatic heterocycles. The van der Waals surface area contributed by atoms with Crippen molar-refractivity contribution in [3.8, 4) is 6.07 Å². The van der Waals surface area contributed by atoms with Gasteiger partial charge in [0.2, 0.25) is 5.91 Å². The van der Waals surface area contributed by atoms with E-state index >= 15 is 0 Å². The predicted molar refractivity (Wildman–Crippen MR) is 103 cm³/mol. The van der Waals surface area contributed by atoms with E-state index in [1.54, 1.807) is 0 Å². The maximum Gasteiger partial charge on any atom is 0.328 e. The summed E-state index contributed by atoms with van der Waals surface area (Å²) in [4.78, 5) is 38.0. The monoisotopic (exact) mass is 394 g/mol. The zero-order chi connectivity index (χ0) is 20.8. The lowest BCUT2D eigenvalue weighted by Gasteiger charge is -2.35. The van der Waals surface area contributed by atoms with E-state index in [1.807, 2.05) is 4.90 Å². The fourth-order valence-electron chi connectivity index (χ4n) is 3.17. The van der Waals surface area contributed by atoms with Crippen molar-refractivity contribution < 1.29 is 24.6 Å². The molecular formula is C19H30N4O5. The molecule has 0 saturated carbocycles. The summed E-state index contributed by atoms with van der Waals surface area (Å²) in [5.74, 6) is -2.21. The average Bonchev–Trinajstić information content (AvgIpc) is 2.70. The van der Waals surface area contributed by atoms with Gasteiger partial charge in [0, 0.05) is 64.3 Å². The van der Waals surface area contributed by atoms with Gasteiger partial charge in [-0.2, -0.15) is 5.26 Å². The summed E-state index contributed by atoms with van der Waals surface area (Å²) < 4.78 is 0. The van der Waals surface area contributed by atoms with Crippen molar-refractivity contribution in [2.45, 2.75) is 32.1 Å². The molecule has 0 bridgehead atoms. The second-order valence-electron chi connectivity index (χ2n) is 6.79. The number of carbonyl (C=O) groups excluding carboxylic acids is 1. The molecule has 0 spiro atoms. The average molecular weight is 394 g/mol. The van der Waals surface area contributed by atoms with E-state index in [4.69, 9.17) is 15.5 Å². The minimum absolute atomic E-state index is 0.301. The Labute approximate surface area is 165 Å². The Kier molecular flexibility index (Phi) is 11.5. The molecule has 2 saturated heterocycles. The van der Waals surface area contributed by atoms with Gasteiger partial charge in [0.15, 0.2) is 0 Å². The molecule has 0 aliphatic carbocycles. The summed E-state index contributed by atoms with van der Waals surface area (Å²) in [5.41, 5.74) is 0. The largest absolute Gasteiger partial charge is 0.478 e. The number of rotatable bonds is 7. The second kappa shape index (κ2) is 13.7. The number of hydrogen-bond acceptors (Lipinski definition) is 6. The molecule has 2 heterocycles. The molecule has 0 aromatic rings. The summed E-state index contributed by atoms with van der Waals surface area (Å²) in [6.45, 7) is 7.56. The van der Waals surface area contributed by atoms with Crippen LogP contribution in [0.5, 0.6) is 0 Å². The first-order chi connectivity index (χ1) is 13.4. The highest BCUT2D eigenvalue weighted by Crippen LogP contribution is 2.10. The first-order valence-corrected chi connectivity index (χ1v) is 9.65. The molecule has 0 aromatic heterocycles. The van der Waals surface area contributed by atoms with Gasteiger partial charge in [-0.3, -0.25) is 9.69 Å². The lowest BCUT2D eigenvalue weighted by molar-refractivity contribution is -0.134. The number of carbonyl (C=O) groups is 3. The number of carboxylic acids is 2. The number of nitriles is 1. The second-order valence-corrected chi connectivity index (χ2v) is 6.79. The highest BCUT2D eigenvalue weighted by atomic mass is 16.4. The summed E-state index contributed by atoms with van der Waals surface area (Å²) in [6.07, 6.45) is 6.28. The van der Waals surface area contributed by atoms with Crippen molar-refractivity contribution in [1.82, 2.24) is 14.7 Å². The van der Waals surface area contributed by atoms with E-state index in [9.17, 15) is 14.4 Å². The Morgan fingerprint density at radius 2 is 1.36 bits per heavy atom. The molecule has 0 aromatic carbocycles. The van der Waals surface area contributed by atoms with E-state index < -0.39 is 11.9 Å². The molecule has 28 heavy (non-hydrogen) atoms. The first kappa shape index (κ1) is 23.6. The SMILES string of the molecule is N#CCCN1CCN(C(=O)CCN2CCCCC2)CC1.O=C(O)/C=C/C(=O)O. The number of piperidine rings is 1. The molecule has 2 rings (SSSR count). The predicted octanol–water partition coefficient (Wildman–Crippen LogP) is 0.632. The quantitative estimate of drug-likeness (QED) is 0.603. The number of amides is 1. The normalized spacial score (nSPS) is 18.2. The molecule has 2 N–H and O–H groups in total. The maximum absolute atomic E-state index is 12.2. The third kappa shape index (κ3) is 10.6. The summed E-state index contributed by atoms with van der Waals surface area (Å²) in [7, 11) is 0. The zero-order valence-corrected chi connectivity index (χ0v) is 16.3. The Balaban J connectivity index is 0.000000416. The highest BCUT2D eigenvalue weighted by Gasteiger charge is 2.21. The Hall–Kier alpha value is -2.44. The number of hydrogen-bond donors (Lipinski definition) is 2. The topological polar surface area (TPSA) is 125 Å². The van der Waals surface area contributed by atoms with Gasteiger partial charge in [-0.25, -0.2) is 9.59 Å². The van der Waals surface area contributed by atoms with Crippen LogP contribution in [0.2, 0.25) is 0 Å². The molecule has 1 amide bonds. The number of aliphatic carboxylic acids is 2. The van der Waals surface area contributed by atoms with Gasteiger partial charge in [-0.15, -0.1) is 0 Å². The van der Waals surface area contributed by atoms with Gasteiger partial charge in [0.25, 0.3) is 0 Å². The van der Waals surface area contributed by atoms with Gasteiger partial charge < -0.3 is 20.0 Å². The molecule has 2 aliphatic rings. The number of nitrogens with zero attached hydrogens (tertiary/aromatic N) is 4. The fraction of sp³-hybridized carbons (Fsp3) is 0.684. The zero-order valence-electron chi connectivity index (χ0n) is 16.3. The van der Waals surface area contributed by atoms with Gasteiger partial charge >= 0.3 is 11.9 Å². The van der Waals surface area contributed by atoms with Crippen LogP contribution in [-0.2, 0) is 14.4 Å². The molecule has 9 nitrogen and oxygen atoms in total. The molecule has 156 valence electrons. The molecular weight excluding hydrogens is 364 g/mol. The van der Waals surface area contributed by atoms with Crippen LogP contribution in [-0.4, -0.2) is 95.1 Å². The van der Waals surface area contributed by atoms with E-state index in [1.165, 1.54) is 19.3 Å². The Bertz CT molecular complexity index is 557. The first-order valence-electron chi connectivity index (χ1n) is 9.65. The fourth-order valence-corrected chi connectivity index (χ4v) is 3.17. The number of carboxylic acid groups (broad SMARTS) is 2. The van der Waals surface area contributed by atoms with Crippen LogP contribution in [0.25, 0.3) is 0 Å². The van der Waals surface area contributed by atoms with E-state index in [0.717, 1.165) is 52.4 Å². The number of likely N-dealkylation sites (tertiary alicyclic amines) is 1. The van der Waals surface area contributed by atoms with Crippen molar-refractivity contribution in [1.29, 1.82) is 5.26 Å². The Morgan fingerprint density at radius 3 is 1.86 bits per heavy atom. The third-order valence-electron chi connectivity index (χ3n) is 4.72. The molecule has 0 atom stereocenters. The maximum atomic E-state index is 12.2. The van der Waals surface area contributed by atoms with Crippen molar-refractivity contribution in [2.24, 2.45) is 0 Å². The van der Waals surface area contributed by atoms with Crippen molar-refractivity contribution in [3.63, 3.8) is 0 Å². The van der Waals surface area contributed by atoms with E-state index in [-0.39, 0.29) is 0 Å². The minimum atomic E-state index is -1.26. The molecule has 2 fully saturated rings. The highest BCUT2D eigenvalue weighted by molar-refractivity contribution is 5.89. The van der Waals surface area contributed by atoms with Gasteiger partial charge in [0.05, 0.1) is 6.07 Å². The smallest absolute Gasteiger partial charge is 0.328 e. The van der Waals surface area contributed by atoms with Crippen LogP contribution in [0.1, 0.15) is 32.1 Å². The lowest BCUT2D eigenvalue weighted by Crippen LogP contribution is -2.49. The summed E-state index contributed by atoms with van der Waals surface area (Å²) in [6, 6.07) is 2.18. The third-order valence-corrected chi connectivity index (χ3v) is 4.72. The van der Waals surface area contributed by atoms with Crippen LogP contribution < -0.4 is 0 Å². The lowest BCUT2D eigenvalue weighted by atomic mass is 10.1. The van der Waals surface area contributed by atoms with E-state index in [2.05, 4.69) is 15.9 Å². The van der Waals surface area contributed by atoms with Crippen LogP contribution in [0.15, 0.2) is 12.2 Å². The summed E-state index contributed by atoms with van der Waals surface area (Å²) >= 11 is 0. The Morgan fingerprint density at radius 1 is 0.821 bits per heavy atom. The van der Waals surface area contributed by atoms with Crippen LogP contribution >= 0.6 is 0 Å². The molecule has 0 radical (unpaired) electrons. The van der Waals surface area contributed by atoms with Gasteiger partial charge in [-0.1, -0.05) is 6.42 Å². The van der Waals surface area contributed by atoms with E-state index in [0.29, 0.717) is 30.9 Å². The van der Waals surface area contributed by atoms with Crippen LogP contribution in [0.4, 0.5) is 0 Å². The minimum Gasteiger partial charge on any atom is -0.478 e. The molecule has 9 heteroatoms. The van der Waals surface area contributed by atoms with Gasteiger partial charge in [-0.05, 0) is 25.9 Å². The van der Waals surface area contributed by atoms with Crippen molar-refractivity contribution in [2.75, 3.05) is 52.4 Å². The van der Waals surface area contributed by atoms with Crippen LogP contribution in [0.3, 0.4) is 0 Å². The standard InChI is InChI=1S/C15H26N4O.C4H4O4/c16-6-4-9-18-11-13-19(14-12-18)15(20)5-10-17-7-2-1-3-8-17;5-3(6)1-2-4(7)8/h1-5,7-14H2;1-2H,(H,5,6)(H,7,8)/b;2-1+. The molecule has 0 unspecified atom stereocenters. The number of piperazine rings is 1.